The summed E-state index contributed by atoms with van der Waals surface area (Å²) >= 11 is 0.316. The Morgan fingerprint density at radius 3 is 2.71 bits per heavy atom. The second kappa shape index (κ2) is 6.75. The molecule has 0 rings (SSSR count). The maximum atomic E-state index is 8.31. The molecule has 0 unspecified atom stereocenters. The van der Waals surface area contributed by atoms with E-state index in [1.54, 1.807) is 0 Å². The second-order valence-electron chi connectivity index (χ2n) is 1.27. The molecule has 0 saturated heterocycles. The topological polar surface area (TPSA) is 20.2 Å². The predicted molar refractivity (Wildman–Crippen MR) is 32.7 cm³/mol. The molecule has 0 fully saturated rings. The fourth-order valence-electron chi connectivity index (χ4n) is 0.311. The van der Waals surface area contributed by atoms with Gasteiger partial charge < -0.3 is 0 Å². The van der Waals surface area contributed by atoms with Gasteiger partial charge >= 0.3 is 54.9 Å². The summed E-state index contributed by atoms with van der Waals surface area (Å²) in [6.45, 7) is 2.62. The van der Waals surface area contributed by atoms with E-state index < -0.39 is 0 Å². The van der Waals surface area contributed by atoms with Gasteiger partial charge in [-0.25, -0.2) is 0 Å². The molecule has 0 bridgehead atoms. The van der Waals surface area contributed by atoms with Crippen molar-refractivity contribution in [1.82, 2.24) is 0 Å². The van der Waals surface area contributed by atoms with Crippen LogP contribution in [0, 0.1) is 0 Å². The molecule has 0 amide bonds. The zero-order valence-electron chi connectivity index (χ0n) is 4.68. The molecule has 0 radical (unpaired) electrons. The van der Waals surface area contributed by atoms with Crippen molar-refractivity contribution >= 4 is 20.9 Å². The molecule has 0 spiro atoms. The number of rotatable bonds is 4. The number of aliphatic hydroxyl groups excluding tert-OH is 1. The molecule has 2 heteroatoms. The summed E-state index contributed by atoms with van der Waals surface area (Å²) in [4.78, 5) is 0. The Morgan fingerprint density at radius 1 is 1.57 bits per heavy atom. The number of hydrogen-bond acceptors (Lipinski definition) is 1. The van der Waals surface area contributed by atoms with Crippen molar-refractivity contribution in [1.29, 1.82) is 0 Å². The van der Waals surface area contributed by atoms with Gasteiger partial charge in [0.05, 0.1) is 0 Å². The molecule has 0 aromatic carbocycles. The van der Waals surface area contributed by atoms with Crippen LogP contribution in [0.1, 0.15) is 13.3 Å². The molecule has 44 valence electrons. The Kier molecular flexibility index (Phi) is 7.47. The first-order valence-electron chi connectivity index (χ1n) is 2.60. The molecule has 0 heterocycles. The molecule has 0 aromatic heterocycles. The Balaban J connectivity index is 2.45. The molecule has 1 N–H and O–H groups in total. The average molecular weight is 216 g/mol. The Morgan fingerprint density at radius 2 is 2.29 bits per heavy atom. The van der Waals surface area contributed by atoms with Crippen LogP contribution in [0.5, 0.6) is 0 Å². The molecule has 0 atom stereocenters. The van der Waals surface area contributed by atoms with Crippen LogP contribution in [-0.2, 0) is 0 Å². The van der Waals surface area contributed by atoms with Gasteiger partial charge in [0.15, 0.2) is 0 Å². The van der Waals surface area contributed by atoms with Gasteiger partial charge in [0.1, 0.15) is 0 Å². The van der Waals surface area contributed by atoms with E-state index in [1.165, 1.54) is 8.94 Å². The van der Waals surface area contributed by atoms with E-state index in [0.29, 0.717) is 27.5 Å². The van der Waals surface area contributed by atoms with Gasteiger partial charge in [0.2, 0.25) is 0 Å². The van der Waals surface area contributed by atoms with E-state index in [9.17, 15) is 0 Å². The van der Waals surface area contributed by atoms with Crippen molar-refractivity contribution in [3.63, 3.8) is 0 Å². The molecule has 0 aliphatic rings. The van der Waals surface area contributed by atoms with Gasteiger partial charge in [-0.3, -0.25) is 0 Å². The summed E-state index contributed by atoms with van der Waals surface area (Å²) < 4.78 is 2.70. The predicted octanol–water partition coefficient (Wildman–Crippen LogP) is 0.929. The summed E-state index contributed by atoms with van der Waals surface area (Å²) in [5.74, 6) is 0. The molecule has 1 nitrogen and oxygen atoms in total. The van der Waals surface area contributed by atoms with Crippen molar-refractivity contribution in [2.45, 2.75) is 22.3 Å². The normalized spacial score (nSPS) is 9.43. The average Bonchev–Trinajstić information content (AvgIpc) is 1.69. The fourth-order valence-corrected chi connectivity index (χ4v) is 2.09. The standard InChI is InChI=1S/C5H12OTe/c1-2-7-5-3-4-6/h6H,2-5H2,1H3. The van der Waals surface area contributed by atoms with E-state index in [0.717, 1.165) is 6.42 Å². The zero-order chi connectivity index (χ0) is 5.54. The summed E-state index contributed by atoms with van der Waals surface area (Å²) in [7, 11) is 0. The monoisotopic (exact) mass is 218 g/mol. The van der Waals surface area contributed by atoms with Crippen LogP contribution in [0.3, 0.4) is 0 Å². The third kappa shape index (κ3) is 6.75. The third-order valence-corrected chi connectivity index (χ3v) is 3.46. The second-order valence-corrected chi connectivity index (χ2v) is 5.25. The van der Waals surface area contributed by atoms with Gasteiger partial charge in [0, 0.05) is 0 Å². The quantitative estimate of drug-likeness (QED) is 0.547. The van der Waals surface area contributed by atoms with Gasteiger partial charge in [-0.15, -0.1) is 0 Å². The van der Waals surface area contributed by atoms with Crippen LogP contribution in [0.25, 0.3) is 0 Å². The molecule has 7 heavy (non-hydrogen) atoms. The summed E-state index contributed by atoms with van der Waals surface area (Å²) in [5.41, 5.74) is 0. The molecule has 0 aliphatic heterocycles. The van der Waals surface area contributed by atoms with Gasteiger partial charge in [0.25, 0.3) is 0 Å². The van der Waals surface area contributed by atoms with Crippen molar-refractivity contribution in [2.75, 3.05) is 6.61 Å². The van der Waals surface area contributed by atoms with Crippen LogP contribution in [0.4, 0.5) is 0 Å². The summed E-state index contributed by atoms with van der Waals surface area (Å²) in [6.07, 6.45) is 1.04. The van der Waals surface area contributed by atoms with Crippen LogP contribution in [0.15, 0.2) is 0 Å². The van der Waals surface area contributed by atoms with E-state index in [-0.39, 0.29) is 0 Å². The molecule has 0 saturated carbocycles. The van der Waals surface area contributed by atoms with Gasteiger partial charge in [-0.05, 0) is 0 Å². The molecule has 0 aromatic rings. The van der Waals surface area contributed by atoms with E-state index in [2.05, 4.69) is 6.92 Å². The van der Waals surface area contributed by atoms with Crippen LogP contribution < -0.4 is 0 Å². The first-order valence-corrected chi connectivity index (χ1v) is 5.90. The van der Waals surface area contributed by atoms with E-state index >= 15 is 0 Å². The van der Waals surface area contributed by atoms with Gasteiger partial charge in [-0.1, -0.05) is 0 Å². The number of hydrogen-bond donors (Lipinski definition) is 1. The molecular formula is C5H12OTe. The minimum absolute atomic E-state index is 0.316. The first-order chi connectivity index (χ1) is 3.41. The van der Waals surface area contributed by atoms with Crippen molar-refractivity contribution in [2.24, 2.45) is 0 Å². The maximum absolute atomic E-state index is 8.31. The minimum atomic E-state index is 0.316. The Labute approximate surface area is 55.2 Å². The van der Waals surface area contributed by atoms with Crippen molar-refractivity contribution in [3.05, 3.63) is 0 Å². The van der Waals surface area contributed by atoms with Crippen LogP contribution in [0.2, 0.25) is 8.94 Å². The van der Waals surface area contributed by atoms with Gasteiger partial charge in [-0.2, -0.15) is 0 Å². The van der Waals surface area contributed by atoms with Crippen LogP contribution >= 0.6 is 0 Å². The summed E-state index contributed by atoms with van der Waals surface area (Å²) in [6, 6.07) is 0. The molecule has 0 aliphatic carbocycles. The van der Waals surface area contributed by atoms with E-state index in [1.807, 2.05) is 0 Å². The number of aliphatic hydroxyl groups is 1. The Bertz CT molecular complexity index is 27.3. The third-order valence-electron chi connectivity index (χ3n) is 0.651. The van der Waals surface area contributed by atoms with Crippen LogP contribution in [-0.4, -0.2) is 32.6 Å². The molecular weight excluding hydrogens is 204 g/mol. The fraction of sp³-hybridized carbons (Fsp3) is 1.00. The Hall–Kier alpha value is 0.750. The van der Waals surface area contributed by atoms with Crippen molar-refractivity contribution in [3.8, 4) is 0 Å². The zero-order valence-corrected chi connectivity index (χ0v) is 7.01. The SMILES string of the molecule is CC[Te]CCCO. The first kappa shape index (κ1) is 7.75. The summed E-state index contributed by atoms with van der Waals surface area (Å²) in [5, 5.41) is 8.31. The van der Waals surface area contributed by atoms with E-state index in [4.69, 9.17) is 5.11 Å². The van der Waals surface area contributed by atoms with Crippen molar-refractivity contribution < 1.29 is 5.11 Å².